The lowest BCUT2D eigenvalue weighted by atomic mass is 9.87. The van der Waals surface area contributed by atoms with Crippen LogP contribution < -0.4 is 10.1 Å². The quantitative estimate of drug-likeness (QED) is 0.786. The van der Waals surface area contributed by atoms with Crippen molar-refractivity contribution >= 4 is 0 Å². The van der Waals surface area contributed by atoms with Crippen LogP contribution in [0.2, 0.25) is 0 Å². The molecule has 2 aromatic rings. The van der Waals surface area contributed by atoms with E-state index in [0.717, 1.165) is 31.6 Å². The van der Waals surface area contributed by atoms with Gasteiger partial charge in [0.25, 0.3) is 0 Å². The van der Waals surface area contributed by atoms with E-state index >= 15 is 0 Å². The number of fused-ring (bicyclic) bond motifs is 4. The molecule has 3 heterocycles. The lowest BCUT2D eigenvalue weighted by molar-refractivity contribution is 0.0197. The van der Waals surface area contributed by atoms with Gasteiger partial charge in [-0.2, -0.15) is 0 Å². The number of piperidine rings is 1. The minimum Gasteiger partial charge on any atom is -0.479 e. The molecule has 98 valence electrons. The van der Waals surface area contributed by atoms with E-state index < -0.39 is 0 Å². The lowest BCUT2D eigenvalue weighted by Gasteiger charge is -2.42. The molecule has 0 saturated carbocycles. The van der Waals surface area contributed by atoms with Crippen LogP contribution in [-0.4, -0.2) is 17.7 Å². The van der Waals surface area contributed by atoms with Gasteiger partial charge in [0.05, 0.1) is 5.69 Å². The summed E-state index contributed by atoms with van der Waals surface area (Å²) in [6, 6.07) is 9.04. The second kappa shape index (κ2) is 3.84. The number of hydrogen-bond acceptors (Lipinski definition) is 2. The highest BCUT2D eigenvalue weighted by atomic mass is 19.1. The first kappa shape index (κ1) is 11.1. The first-order valence-electron chi connectivity index (χ1n) is 6.67. The van der Waals surface area contributed by atoms with Gasteiger partial charge in [-0.25, -0.2) is 4.39 Å². The summed E-state index contributed by atoms with van der Waals surface area (Å²) in [5, 5.41) is 3.35. The average molecular weight is 258 g/mol. The Morgan fingerprint density at radius 2 is 2.00 bits per heavy atom. The molecule has 2 aliphatic rings. The predicted octanol–water partition coefficient (Wildman–Crippen LogP) is 2.59. The summed E-state index contributed by atoms with van der Waals surface area (Å²) in [5.74, 6) is 0.407. The lowest BCUT2D eigenvalue weighted by Crippen LogP contribution is -2.46. The van der Waals surface area contributed by atoms with Gasteiger partial charge in [0.2, 0.25) is 0 Å². The Morgan fingerprint density at radius 3 is 2.84 bits per heavy atom. The molecule has 1 N–H and O–H groups in total. The first-order valence-corrected chi connectivity index (χ1v) is 6.67. The molecule has 1 spiro atoms. The Balaban J connectivity index is 1.94. The number of hydrogen-bond donors (Lipinski definition) is 1. The molecule has 4 rings (SSSR count). The van der Waals surface area contributed by atoms with E-state index in [4.69, 9.17) is 4.74 Å². The standard InChI is InChI=1S/C15H15FN2O/c16-11-3-1-4-12-14(11)18-10-2-5-13(18)15(19-12)6-8-17-9-7-15/h1-5,10,17H,6-9H2. The second-order valence-electron chi connectivity index (χ2n) is 5.20. The van der Waals surface area contributed by atoms with Crippen LogP contribution in [-0.2, 0) is 5.60 Å². The summed E-state index contributed by atoms with van der Waals surface area (Å²) in [6.07, 6.45) is 3.74. The maximum absolute atomic E-state index is 14.1. The average Bonchev–Trinajstić information content (AvgIpc) is 2.90. The molecule has 0 unspecified atom stereocenters. The number of para-hydroxylation sites is 1. The molecular formula is C15H15FN2O. The third kappa shape index (κ3) is 1.46. The van der Waals surface area contributed by atoms with Crippen molar-refractivity contribution in [2.75, 3.05) is 13.1 Å². The van der Waals surface area contributed by atoms with E-state index in [1.54, 1.807) is 6.07 Å². The largest absolute Gasteiger partial charge is 0.479 e. The molecule has 0 aliphatic carbocycles. The van der Waals surface area contributed by atoms with E-state index in [1.165, 1.54) is 6.07 Å². The van der Waals surface area contributed by atoms with Gasteiger partial charge in [-0.05, 0) is 37.4 Å². The van der Waals surface area contributed by atoms with Crippen molar-refractivity contribution < 1.29 is 9.13 Å². The fourth-order valence-corrected chi connectivity index (χ4v) is 3.21. The molecule has 2 aliphatic heterocycles. The Kier molecular flexibility index (Phi) is 2.23. The smallest absolute Gasteiger partial charge is 0.152 e. The van der Waals surface area contributed by atoms with Gasteiger partial charge in [0.1, 0.15) is 11.4 Å². The first-order chi connectivity index (χ1) is 9.30. The number of ether oxygens (including phenoxy) is 1. The van der Waals surface area contributed by atoms with Crippen molar-refractivity contribution in [2.24, 2.45) is 0 Å². The van der Waals surface area contributed by atoms with Crippen LogP contribution in [0.5, 0.6) is 5.75 Å². The van der Waals surface area contributed by atoms with E-state index in [1.807, 2.05) is 29.0 Å². The molecular weight excluding hydrogens is 243 g/mol. The van der Waals surface area contributed by atoms with Crippen LogP contribution in [0.1, 0.15) is 18.5 Å². The molecule has 4 heteroatoms. The highest BCUT2D eigenvalue weighted by Gasteiger charge is 2.42. The van der Waals surface area contributed by atoms with Crippen LogP contribution in [0, 0.1) is 5.82 Å². The van der Waals surface area contributed by atoms with E-state index in [2.05, 4.69) is 5.32 Å². The van der Waals surface area contributed by atoms with Crippen LogP contribution in [0.15, 0.2) is 36.5 Å². The number of aromatic nitrogens is 1. The molecule has 1 aromatic carbocycles. The molecule has 0 bridgehead atoms. The number of halogens is 1. The van der Waals surface area contributed by atoms with Crippen molar-refractivity contribution in [3.8, 4) is 11.4 Å². The zero-order valence-corrected chi connectivity index (χ0v) is 10.5. The third-order valence-corrected chi connectivity index (χ3v) is 4.12. The summed E-state index contributed by atoms with van der Waals surface area (Å²) >= 11 is 0. The zero-order valence-electron chi connectivity index (χ0n) is 10.5. The topological polar surface area (TPSA) is 26.2 Å². The number of nitrogens with zero attached hydrogens (tertiary/aromatic N) is 1. The van der Waals surface area contributed by atoms with Gasteiger partial charge in [-0.3, -0.25) is 0 Å². The predicted molar refractivity (Wildman–Crippen MR) is 70.1 cm³/mol. The van der Waals surface area contributed by atoms with Crippen LogP contribution >= 0.6 is 0 Å². The minimum absolute atomic E-state index is 0.237. The van der Waals surface area contributed by atoms with Crippen molar-refractivity contribution in [2.45, 2.75) is 18.4 Å². The SMILES string of the molecule is Fc1cccc2c1-n1cccc1C1(CCNCC1)O2. The third-order valence-electron chi connectivity index (χ3n) is 4.12. The summed E-state index contributed by atoms with van der Waals surface area (Å²) < 4.78 is 22.2. The number of benzene rings is 1. The summed E-state index contributed by atoms with van der Waals surface area (Å²) in [6.45, 7) is 1.85. The van der Waals surface area contributed by atoms with Crippen molar-refractivity contribution in [3.63, 3.8) is 0 Å². The Bertz CT molecular complexity index is 629. The molecule has 0 amide bonds. The number of nitrogens with one attached hydrogen (secondary N) is 1. The molecule has 0 radical (unpaired) electrons. The molecule has 3 nitrogen and oxygen atoms in total. The summed E-state index contributed by atoms with van der Waals surface area (Å²) in [7, 11) is 0. The normalized spacial score (nSPS) is 19.6. The molecule has 19 heavy (non-hydrogen) atoms. The maximum Gasteiger partial charge on any atom is 0.152 e. The Hall–Kier alpha value is -1.81. The number of rotatable bonds is 0. The van der Waals surface area contributed by atoms with E-state index in [0.29, 0.717) is 11.4 Å². The molecule has 1 aromatic heterocycles. The molecule has 1 fully saturated rings. The van der Waals surface area contributed by atoms with Crippen LogP contribution in [0.4, 0.5) is 4.39 Å². The van der Waals surface area contributed by atoms with Crippen molar-refractivity contribution in [3.05, 3.63) is 48.0 Å². The van der Waals surface area contributed by atoms with Gasteiger partial charge >= 0.3 is 0 Å². The van der Waals surface area contributed by atoms with E-state index in [-0.39, 0.29) is 11.4 Å². The van der Waals surface area contributed by atoms with Crippen LogP contribution in [0.3, 0.4) is 0 Å². The van der Waals surface area contributed by atoms with Gasteiger partial charge in [-0.1, -0.05) is 6.07 Å². The second-order valence-corrected chi connectivity index (χ2v) is 5.20. The van der Waals surface area contributed by atoms with Gasteiger partial charge in [-0.15, -0.1) is 0 Å². The fourth-order valence-electron chi connectivity index (χ4n) is 3.21. The van der Waals surface area contributed by atoms with Crippen molar-refractivity contribution in [1.29, 1.82) is 0 Å². The minimum atomic E-state index is -0.310. The van der Waals surface area contributed by atoms with Gasteiger partial charge in [0, 0.05) is 19.0 Å². The van der Waals surface area contributed by atoms with Gasteiger partial charge in [0.15, 0.2) is 11.4 Å². The molecule has 0 atom stereocenters. The maximum atomic E-state index is 14.1. The van der Waals surface area contributed by atoms with E-state index in [9.17, 15) is 4.39 Å². The van der Waals surface area contributed by atoms with Crippen molar-refractivity contribution in [1.82, 2.24) is 9.88 Å². The monoisotopic (exact) mass is 258 g/mol. The van der Waals surface area contributed by atoms with Gasteiger partial charge < -0.3 is 14.6 Å². The Morgan fingerprint density at radius 1 is 1.16 bits per heavy atom. The highest BCUT2D eigenvalue weighted by molar-refractivity contribution is 5.53. The highest BCUT2D eigenvalue weighted by Crippen LogP contribution is 2.44. The summed E-state index contributed by atoms with van der Waals surface area (Å²) in [4.78, 5) is 0. The fraction of sp³-hybridized carbons (Fsp3) is 0.333. The zero-order chi connectivity index (χ0) is 12.9. The molecule has 1 saturated heterocycles. The van der Waals surface area contributed by atoms with Crippen LogP contribution in [0.25, 0.3) is 5.69 Å². The Labute approximate surface area is 111 Å². The summed E-state index contributed by atoms with van der Waals surface area (Å²) in [5.41, 5.74) is 1.29.